The Morgan fingerprint density at radius 1 is 0.667 bits per heavy atom. The van der Waals surface area contributed by atoms with Gasteiger partial charge in [0.05, 0.1) is 0 Å². The maximum absolute atomic E-state index is 6.42. The fraction of sp³-hybridized carbons (Fsp3) is 0.786. The minimum Gasteiger partial charge on any atom is -0.475 e. The lowest BCUT2D eigenvalue weighted by Crippen LogP contribution is -2.37. The van der Waals surface area contributed by atoms with Crippen LogP contribution in [0, 0.1) is 0 Å². The molecule has 0 fully saturated rings. The number of rotatable bonds is 12. The minimum atomic E-state index is 0.0779. The lowest BCUT2D eigenvalue weighted by atomic mass is 10.2. The Bertz CT molecular complexity index is 544. The van der Waals surface area contributed by atoms with Crippen molar-refractivity contribution in [2.45, 2.75) is 103 Å². The number of ether oxygens (including phenoxy) is 3. The first-order valence-corrected chi connectivity index (χ1v) is 13.6. The van der Waals surface area contributed by atoms with Gasteiger partial charge in [-0.1, -0.05) is 52.4 Å². The molecule has 0 spiro atoms. The van der Waals surface area contributed by atoms with E-state index in [9.17, 15) is 0 Å². The highest BCUT2D eigenvalue weighted by atomic mass is 16.5. The van der Waals surface area contributed by atoms with Crippen molar-refractivity contribution < 1.29 is 14.2 Å². The average Bonchev–Trinajstić information content (AvgIpc) is 2.84. The molecule has 0 saturated heterocycles. The molecule has 0 aromatic heterocycles. The van der Waals surface area contributed by atoms with Crippen LogP contribution < -0.4 is 9.47 Å². The monoisotopic (exact) mass is 462 g/mol. The van der Waals surface area contributed by atoms with Crippen LogP contribution >= 0.6 is 0 Å². The molecule has 2 aliphatic rings. The second kappa shape index (κ2) is 17.2. The molecule has 5 heteroatoms. The summed E-state index contributed by atoms with van der Waals surface area (Å²) in [5.41, 5.74) is 0. The Balaban J connectivity index is 1.99. The summed E-state index contributed by atoms with van der Waals surface area (Å²) >= 11 is 0. The van der Waals surface area contributed by atoms with E-state index in [1.54, 1.807) is 0 Å². The standard InChI is InChI=1S/C28H50N2O3/c1-5-7-9-11-21-29(3)27-15-13-23-31-24-14-16-28(30(4)22-12-10-8-6-2)33-26-19-17-25(32-27)18-20-26/h17-20,27-28H,5-16,21-24H2,1-4H3. The Morgan fingerprint density at radius 2 is 1.09 bits per heavy atom. The fourth-order valence-electron chi connectivity index (χ4n) is 4.34. The molecule has 2 unspecified atom stereocenters. The lowest BCUT2D eigenvalue weighted by molar-refractivity contribution is 0.0200. The molecular formula is C28H50N2O3. The molecule has 1 aromatic rings. The van der Waals surface area contributed by atoms with Crippen molar-refractivity contribution in [3.05, 3.63) is 24.3 Å². The normalized spacial score (nSPS) is 20.3. The highest BCUT2D eigenvalue weighted by Crippen LogP contribution is 2.23. The third-order valence-electron chi connectivity index (χ3n) is 6.56. The zero-order valence-electron chi connectivity index (χ0n) is 21.9. The van der Waals surface area contributed by atoms with Gasteiger partial charge in [0.15, 0.2) is 12.5 Å². The van der Waals surface area contributed by atoms with Crippen molar-refractivity contribution in [1.82, 2.24) is 9.80 Å². The third kappa shape index (κ3) is 11.6. The molecule has 0 amide bonds. The summed E-state index contributed by atoms with van der Waals surface area (Å²) < 4.78 is 18.8. The maximum atomic E-state index is 6.42. The third-order valence-corrected chi connectivity index (χ3v) is 6.56. The van der Waals surface area contributed by atoms with Gasteiger partial charge < -0.3 is 14.2 Å². The van der Waals surface area contributed by atoms with Crippen molar-refractivity contribution in [2.24, 2.45) is 0 Å². The van der Waals surface area contributed by atoms with Crippen LogP contribution in [0.2, 0.25) is 0 Å². The Hall–Kier alpha value is -1.30. The average molecular weight is 463 g/mol. The summed E-state index contributed by atoms with van der Waals surface area (Å²) in [6.07, 6.45) is 14.3. The molecular weight excluding hydrogens is 412 g/mol. The van der Waals surface area contributed by atoms with Gasteiger partial charge in [-0.15, -0.1) is 0 Å². The second-order valence-electron chi connectivity index (χ2n) is 9.60. The SMILES string of the molecule is CCCCCCN(C)C1CCCOCCCC(N(C)CCCCCC)Oc2ccc(cc2)O1. The Morgan fingerprint density at radius 3 is 1.48 bits per heavy atom. The number of benzene rings is 1. The van der Waals surface area contributed by atoms with Crippen LogP contribution in [0.25, 0.3) is 0 Å². The van der Waals surface area contributed by atoms with Gasteiger partial charge in [0.25, 0.3) is 0 Å². The van der Waals surface area contributed by atoms with E-state index in [4.69, 9.17) is 14.2 Å². The first-order valence-electron chi connectivity index (χ1n) is 13.6. The van der Waals surface area contributed by atoms with Crippen molar-refractivity contribution >= 4 is 0 Å². The van der Waals surface area contributed by atoms with Crippen LogP contribution in [0.15, 0.2) is 24.3 Å². The van der Waals surface area contributed by atoms with E-state index in [0.717, 1.165) is 63.5 Å². The minimum absolute atomic E-state index is 0.0779. The second-order valence-corrected chi connectivity index (χ2v) is 9.60. The molecule has 2 atom stereocenters. The summed E-state index contributed by atoms with van der Waals surface area (Å²) in [5.74, 6) is 1.82. The van der Waals surface area contributed by atoms with Crippen LogP contribution in [0.3, 0.4) is 0 Å². The highest BCUT2D eigenvalue weighted by Gasteiger charge is 2.19. The Labute approximate surface area is 203 Å². The van der Waals surface area contributed by atoms with Crippen molar-refractivity contribution in [2.75, 3.05) is 40.4 Å². The largest absolute Gasteiger partial charge is 0.475 e. The van der Waals surface area contributed by atoms with E-state index in [1.807, 2.05) is 0 Å². The summed E-state index contributed by atoms with van der Waals surface area (Å²) in [7, 11) is 4.37. The number of hydrogen-bond donors (Lipinski definition) is 0. The van der Waals surface area contributed by atoms with Gasteiger partial charge in [-0.3, -0.25) is 9.80 Å². The molecule has 190 valence electrons. The number of unbranched alkanes of at least 4 members (excludes halogenated alkanes) is 6. The molecule has 2 bridgehead atoms. The quantitative estimate of drug-likeness (QED) is 0.322. The Kier molecular flexibility index (Phi) is 14.5. The van der Waals surface area contributed by atoms with Gasteiger partial charge in [-0.25, -0.2) is 0 Å². The van der Waals surface area contributed by atoms with Crippen LogP contribution in [-0.2, 0) is 4.74 Å². The lowest BCUT2D eigenvalue weighted by Gasteiger charge is -2.29. The van der Waals surface area contributed by atoms with Crippen molar-refractivity contribution in [1.29, 1.82) is 0 Å². The van der Waals surface area contributed by atoms with Gasteiger partial charge in [0, 0.05) is 39.1 Å². The smallest absolute Gasteiger partial charge is 0.152 e. The van der Waals surface area contributed by atoms with Gasteiger partial charge in [0.2, 0.25) is 0 Å². The predicted molar refractivity (Wildman–Crippen MR) is 138 cm³/mol. The molecule has 33 heavy (non-hydrogen) atoms. The topological polar surface area (TPSA) is 34.2 Å². The van der Waals surface area contributed by atoms with E-state index in [-0.39, 0.29) is 12.5 Å². The molecule has 2 aliphatic heterocycles. The molecule has 0 saturated carbocycles. The first kappa shape index (κ1) is 27.9. The molecule has 0 N–H and O–H groups in total. The van der Waals surface area contributed by atoms with Gasteiger partial charge >= 0.3 is 0 Å². The molecule has 0 aliphatic carbocycles. The van der Waals surface area contributed by atoms with E-state index in [1.165, 1.54) is 51.4 Å². The van der Waals surface area contributed by atoms with Crippen LogP contribution in [0.4, 0.5) is 0 Å². The fourth-order valence-corrected chi connectivity index (χ4v) is 4.34. The van der Waals surface area contributed by atoms with Crippen LogP contribution in [0.5, 0.6) is 11.5 Å². The van der Waals surface area contributed by atoms with Gasteiger partial charge in [0.1, 0.15) is 11.5 Å². The first-order chi connectivity index (χ1) is 16.1. The molecule has 5 nitrogen and oxygen atoms in total. The van der Waals surface area contributed by atoms with E-state index >= 15 is 0 Å². The van der Waals surface area contributed by atoms with E-state index in [2.05, 4.69) is 62.0 Å². The number of hydrogen-bond acceptors (Lipinski definition) is 5. The van der Waals surface area contributed by atoms with E-state index < -0.39 is 0 Å². The summed E-state index contributed by atoms with van der Waals surface area (Å²) in [5, 5.41) is 0. The zero-order valence-corrected chi connectivity index (χ0v) is 21.9. The van der Waals surface area contributed by atoms with Gasteiger partial charge in [-0.05, 0) is 64.0 Å². The van der Waals surface area contributed by atoms with Crippen LogP contribution in [-0.4, -0.2) is 62.7 Å². The van der Waals surface area contributed by atoms with Crippen LogP contribution in [0.1, 0.15) is 90.9 Å². The highest BCUT2D eigenvalue weighted by molar-refractivity contribution is 5.31. The summed E-state index contributed by atoms with van der Waals surface area (Å²) in [6.45, 7) is 8.24. The van der Waals surface area contributed by atoms with Crippen molar-refractivity contribution in [3.63, 3.8) is 0 Å². The maximum Gasteiger partial charge on any atom is 0.152 e. The molecule has 2 heterocycles. The number of nitrogens with zero attached hydrogens (tertiary/aromatic N) is 2. The molecule has 0 radical (unpaired) electrons. The summed E-state index contributed by atoms with van der Waals surface area (Å²) in [4.78, 5) is 4.73. The zero-order chi connectivity index (χ0) is 23.7. The molecule has 1 aromatic carbocycles. The van der Waals surface area contributed by atoms with Crippen molar-refractivity contribution in [3.8, 4) is 11.5 Å². The van der Waals surface area contributed by atoms with E-state index in [0.29, 0.717) is 0 Å². The predicted octanol–water partition coefficient (Wildman–Crippen LogP) is 6.71. The summed E-state index contributed by atoms with van der Waals surface area (Å²) in [6, 6.07) is 8.23. The molecule has 3 rings (SSSR count). The number of fused-ring (bicyclic) bond motifs is 12. The van der Waals surface area contributed by atoms with Gasteiger partial charge in [-0.2, -0.15) is 0 Å².